The highest BCUT2D eigenvalue weighted by Gasteiger charge is 2.27. The van der Waals surface area contributed by atoms with Crippen molar-refractivity contribution >= 4 is 18.3 Å². The normalized spacial score (nSPS) is 17.6. The fourth-order valence-corrected chi connectivity index (χ4v) is 2.84. The van der Waals surface area contributed by atoms with Crippen molar-refractivity contribution in [1.29, 1.82) is 0 Å². The summed E-state index contributed by atoms with van der Waals surface area (Å²) in [6.07, 6.45) is 3.42. The van der Waals surface area contributed by atoms with Gasteiger partial charge in [0.1, 0.15) is 5.82 Å². The fraction of sp³-hybridized carbons (Fsp3) is 0.389. The second kappa shape index (κ2) is 10.2. The van der Waals surface area contributed by atoms with E-state index in [4.69, 9.17) is 0 Å². The lowest BCUT2D eigenvalue weighted by molar-refractivity contribution is -0.132. The lowest BCUT2D eigenvalue weighted by Gasteiger charge is -2.37. The highest BCUT2D eigenvalue weighted by Crippen LogP contribution is 2.22. The van der Waals surface area contributed by atoms with Crippen molar-refractivity contribution in [1.82, 2.24) is 15.1 Å². The molecule has 1 fully saturated rings. The van der Waals surface area contributed by atoms with Crippen molar-refractivity contribution < 1.29 is 9.18 Å². The molecular weight excluding hydrogens is 329 g/mol. The van der Waals surface area contributed by atoms with Crippen LogP contribution in [0.15, 0.2) is 49.6 Å². The minimum Gasteiger partial charge on any atom is -0.334 e. The molecule has 0 aromatic heterocycles. The smallest absolute Gasteiger partial charge is 0.237 e. The number of halogens is 2. The number of carbonyl (C=O) groups excluding carboxylic acids is 1. The molecule has 132 valence electrons. The molecule has 1 unspecified atom stereocenters. The van der Waals surface area contributed by atoms with Crippen molar-refractivity contribution in [2.75, 3.05) is 39.3 Å². The second-order valence-corrected chi connectivity index (χ2v) is 5.62. The van der Waals surface area contributed by atoms with Crippen molar-refractivity contribution in [3.05, 3.63) is 61.0 Å². The Bertz CT molecular complexity index is 557. The average molecular weight is 354 g/mol. The summed E-state index contributed by atoms with van der Waals surface area (Å²) in [5.74, 6) is -0.215. The predicted octanol–water partition coefficient (Wildman–Crippen LogP) is 2.39. The van der Waals surface area contributed by atoms with Crippen LogP contribution in [0.1, 0.15) is 11.6 Å². The number of nitrogens with one attached hydrogen (secondary N) is 1. The second-order valence-electron chi connectivity index (χ2n) is 5.62. The maximum Gasteiger partial charge on any atom is 0.237 e. The van der Waals surface area contributed by atoms with E-state index >= 15 is 0 Å². The first-order valence-electron chi connectivity index (χ1n) is 7.85. The predicted molar refractivity (Wildman–Crippen MR) is 97.8 cm³/mol. The largest absolute Gasteiger partial charge is 0.334 e. The molecule has 24 heavy (non-hydrogen) atoms. The number of carbonyl (C=O) groups is 1. The molecule has 1 saturated heterocycles. The molecule has 4 nitrogen and oxygen atoms in total. The fourth-order valence-electron chi connectivity index (χ4n) is 2.84. The maximum atomic E-state index is 13.5. The first kappa shape index (κ1) is 20.4. The van der Waals surface area contributed by atoms with Crippen LogP contribution in [0.2, 0.25) is 0 Å². The molecule has 1 aliphatic heterocycles. The van der Waals surface area contributed by atoms with Gasteiger partial charge in [-0.05, 0) is 17.7 Å². The summed E-state index contributed by atoms with van der Waals surface area (Å²) in [6, 6.07) is 6.59. The number of benzene rings is 1. The van der Waals surface area contributed by atoms with Gasteiger partial charge in [0.15, 0.2) is 0 Å². The van der Waals surface area contributed by atoms with E-state index < -0.39 is 0 Å². The highest BCUT2D eigenvalue weighted by atomic mass is 35.5. The molecule has 6 heteroatoms. The minimum atomic E-state index is -0.251. The summed E-state index contributed by atoms with van der Waals surface area (Å²) in [5.41, 5.74) is 0.893. The molecule has 1 aromatic carbocycles. The van der Waals surface area contributed by atoms with Gasteiger partial charge in [-0.15, -0.1) is 25.6 Å². The first-order chi connectivity index (χ1) is 11.2. The Morgan fingerprint density at radius 1 is 1.38 bits per heavy atom. The van der Waals surface area contributed by atoms with Gasteiger partial charge in [0.05, 0.1) is 6.54 Å². The van der Waals surface area contributed by atoms with Gasteiger partial charge < -0.3 is 10.2 Å². The SMILES string of the molecule is C=CCN(CC=C)C(=O)CN1CCNCC1c1cccc(F)c1.Cl. The summed E-state index contributed by atoms with van der Waals surface area (Å²) in [5, 5.41) is 3.31. The topological polar surface area (TPSA) is 35.6 Å². The molecule has 1 aliphatic rings. The van der Waals surface area contributed by atoms with E-state index in [0.717, 1.165) is 18.7 Å². The molecule has 0 spiro atoms. The highest BCUT2D eigenvalue weighted by molar-refractivity contribution is 5.85. The van der Waals surface area contributed by atoms with E-state index in [1.54, 1.807) is 29.2 Å². The van der Waals surface area contributed by atoms with Crippen molar-refractivity contribution in [2.45, 2.75) is 6.04 Å². The molecular formula is C18H25ClFN3O. The lowest BCUT2D eigenvalue weighted by Crippen LogP contribution is -2.50. The van der Waals surface area contributed by atoms with Gasteiger partial charge in [0.2, 0.25) is 5.91 Å². The monoisotopic (exact) mass is 353 g/mol. The standard InChI is InChI=1S/C18H24FN3O.ClH/c1-3-9-21(10-4-2)18(23)14-22-11-8-20-13-17(22)15-6-5-7-16(19)12-15;/h3-7,12,17,20H,1-2,8-11,13-14H2;1H. The van der Waals surface area contributed by atoms with Gasteiger partial charge in [0.25, 0.3) is 0 Å². The third kappa shape index (κ3) is 5.44. The number of hydrogen-bond acceptors (Lipinski definition) is 3. The van der Waals surface area contributed by atoms with Gasteiger partial charge in [-0.2, -0.15) is 0 Å². The molecule has 1 atom stereocenters. The van der Waals surface area contributed by atoms with E-state index in [-0.39, 0.29) is 30.2 Å². The number of hydrogen-bond donors (Lipinski definition) is 1. The molecule has 1 heterocycles. The molecule has 0 aliphatic carbocycles. The summed E-state index contributed by atoms with van der Waals surface area (Å²) in [6.45, 7) is 11.0. The Morgan fingerprint density at radius 2 is 2.08 bits per heavy atom. The average Bonchev–Trinajstić information content (AvgIpc) is 2.55. The van der Waals surface area contributed by atoms with Crippen LogP contribution in [0.25, 0.3) is 0 Å². The van der Waals surface area contributed by atoms with Crippen LogP contribution >= 0.6 is 12.4 Å². The molecule has 0 bridgehead atoms. The Hall–Kier alpha value is -1.69. The van der Waals surface area contributed by atoms with Crippen LogP contribution in [0.5, 0.6) is 0 Å². The molecule has 1 N–H and O–H groups in total. The zero-order valence-electron chi connectivity index (χ0n) is 13.8. The number of rotatable bonds is 7. The van der Waals surface area contributed by atoms with E-state index in [9.17, 15) is 9.18 Å². The van der Waals surface area contributed by atoms with Crippen LogP contribution < -0.4 is 5.32 Å². The van der Waals surface area contributed by atoms with Crippen LogP contribution in [0.3, 0.4) is 0 Å². The van der Waals surface area contributed by atoms with Gasteiger partial charge in [-0.25, -0.2) is 4.39 Å². The Labute approximate surface area is 149 Å². The number of piperazine rings is 1. The molecule has 2 rings (SSSR count). The molecule has 0 radical (unpaired) electrons. The van der Waals surface area contributed by atoms with E-state index in [1.165, 1.54) is 6.07 Å². The third-order valence-electron chi connectivity index (χ3n) is 3.98. The number of nitrogens with zero attached hydrogens (tertiary/aromatic N) is 2. The summed E-state index contributed by atoms with van der Waals surface area (Å²) in [7, 11) is 0. The van der Waals surface area contributed by atoms with Crippen molar-refractivity contribution in [3.8, 4) is 0 Å². The van der Waals surface area contributed by atoms with E-state index in [1.807, 2.05) is 6.07 Å². The third-order valence-corrected chi connectivity index (χ3v) is 3.98. The lowest BCUT2D eigenvalue weighted by atomic mass is 10.0. The first-order valence-corrected chi connectivity index (χ1v) is 7.85. The van der Waals surface area contributed by atoms with E-state index in [2.05, 4.69) is 23.4 Å². The van der Waals surface area contributed by atoms with Crippen LogP contribution in [0.4, 0.5) is 4.39 Å². The number of amides is 1. The van der Waals surface area contributed by atoms with Crippen LogP contribution in [-0.4, -0.2) is 55.0 Å². The van der Waals surface area contributed by atoms with Gasteiger partial charge >= 0.3 is 0 Å². The van der Waals surface area contributed by atoms with Gasteiger partial charge in [-0.1, -0.05) is 24.3 Å². The zero-order valence-corrected chi connectivity index (χ0v) is 14.6. The molecule has 1 amide bonds. The summed E-state index contributed by atoms with van der Waals surface area (Å²) < 4.78 is 13.5. The summed E-state index contributed by atoms with van der Waals surface area (Å²) >= 11 is 0. The summed E-state index contributed by atoms with van der Waals surface area (Å²) in [4.78, 5) is 16.3. The van der Waals surface area contributed by atoms with Gasteiger partial charge in [-0.3, -0.25) is 9.69 Å². The van der Waals surface area contributed by atoms with E-state index in [0.29, 0.717) is 26.2 Å². The van der Waals surface area contributed by atoms with Gasteiger partial charge in [0, 0.05) is 38.8 Å². The maximum absolute atomic E-state index is 13.5. The van der Waals surface area contributed by atoms with Crippen molar-refractivity contribution in [2.24, 2.45) is 0 Å². The Kier molecular flexibility index (Phi) is 8.68. The molecule has 1 aromatic rings. The molecule has 0 saturated carbocycles. The Morgan fingerprint density at radius 3 is 2.71 bits per heavy atom. The zero-order chi connectivity index (χ0) is 16.7. The quantitative estimate of drug-likeness (QED) is 0.765. The van der Waals surface area contributed by atoms with Crippen molar-refractivity contribution in [3.63, 3.8) is 0 Å². The Balaban J connectivity index is 0.00000288. The minimum absolute atomic E-state index is 0. The van der Waals surface area contributed by atoms with Crippen LogP contribution in [-0.2, 0) is 4.79 Å². The van der Waals surface area contributed by atoms with Crippen LogP contribution in [0, 0.1) is 5.82 Å².